The Hall–Kier alpha value is -3.73. The van der Waals surface area contributed by atoms with E-state index in [0.717, 1.165) is 54.1 Å². The van der Waals surface area contributed by atoms with Gasteiger partial charge in [0, 0.05) is 42.3 Å². The summed E-state index contributed by atoms with van der Waals surface area (Å²) in [7, 11) is 0. The Labute approximate surface area is 241 Å². The molecule has 40 heavy (non-hydrogen) atoms. The number of nitrogens with zero attached hydrogens (tertiary/aromatic N) is 3. The Morgan fingerprint density at radius 2 is 1.52 bits per heavy atom. The van der Waals surface area contributed by atoms with E-state index in [1.807, 2.05) is 12.1 Å². The van der Waals surface area contributed by atoms with Crippen LogP contribution in [0, 0.1) is 12.7 Å². The van der Waals surface area contributed by atoms with Crippen molar-refractivity contribution >= 4 is 11.6 Å². The molecule has 5 heteroatoms. The van der Waals surface area contributed by atoms with Crippen LogP contribution >= 0.6 is 11.6 Å². The van der Waals surface area contributed by atoms with E-state index in [4.69, 9.17) is 16.6 Å². The van der Waals surface area contributed by atoms with Gasteiger partial charge in [-0.3, -0.25) is 4.90 Å². The van der Waals surface area contributed by atoms with Crippen LogP contribution in [0.5, 0.6) is 0 Å². The number of unbranched alkanes of at least 4 members (excludes halogenated alkanes) is 1. The van der Waals surface area contributed by atoms with Gasteiger partial charge in [-0.05, 0) is 36.6 Å². The van der Waals surface area contributed by atoms with Gasteiger partial charge in [-0.15, -0.1) is 0 Å². The fourth-order valence-electron chi connectivity index (χ4n) is 5.18. The quantitative estimate of drug-likeness (QED) is 0.163. The molecule has 5 rings (SSSR count). The lowest BCUT2D eigenvalue weighted by Gasteiger charge is -2.25. The second-order valence-corrected chi connectivity index (χ2v) is 10.7. The molecule has 1 aromatic heterocycles. The van der Waals surface area contributed by atoms with E-state index in [0.29, 0.717) is 18.1 Å². The average molecular weight is 552 g/mol. The van der Waals surface area contributed by atoms with Crippen LogP contribution in [-0.2, 0) is 26.2 Å². The first-order chi connectivity index (χ1) is 19.5. The van der Waals surface area contributed by atoms with Crippen molar-refractivity contribution in [3.63, 3.8) is 0 Å². The molecule has 3 nitrogen and oxygen atoms in total. The molecule has 0 bridgehead atoms. The Bertz CT molecular complexity index is 1550. The molecule has 5 aromatic rings. The summed E-state index contributed by atoms with van der Waals surface area (Å²) in [6, 6.07) is 34.1. The summed E-state index contributed by atoms with van der Waals surface area (Å²) in [6.45, 7) is 7.19. The summed E-state index contributed by atoms with van der Waals surface area (Å²) in [4.78, 5) is 7.66. The third-order valence-electron chi connectivity index (χ3n) is 7.16. The smallest absolute Gasteiger partial charge is 0.140 e. The van der Waals surface area contributed by atoms with Crippen LogP contribution in [0.4, 0.5) is 4.39 Å². The third-order valence-corrected chi connectivity index (χ3v) is 7.51. The van der Waals surface area contributed by atoms with Crippen molar-refractivity contribution in [1.29, 1.82) is 0 Å². The molecule has 204 valence electrons. The molecular formula is C35H35ClFN3. The lowest BCUT2D eigenvalue weighted by molar-refractivity contribution is 0.241. The fourth-order valence-corrected chi connectivity index (χ4v) is 5.40. The molecule has 1 heterocycles. The molecule has 0 amide bonds. The first-order valence-corrected chi connectivity index (χ1v) is 14.3. The molecule has 0 saturated carbocycles. The minimum atomic E-state index is -0.324. The Morgan fingerprint density at radius 1 is 0.800 bits per heavy atom. The summed E-state index contributed by atoms with van der Waals surface area (Å²) >= 11 is 6.53. The van der Waals surface area contributed by atoms with Gasteiger partial charge >= 0.3 is 0 Å². The number of aryl methyl sites for hydroxylation is 1. The number of hydrogen-bond acceptors (Lipinski definition) is 2. The zero-order chi connectivity index (χ0) is 27.9. The topological polar surface area (TPSA) is 21.1 Å². The Kier molecular flexibility index (Phi) is 9.10. The molecule has 0 spiro atoms. The van der Waals surface area contributed by atoms with Gasteiger partial charge < -0.3 is 4.57 Å². The van der Waals surface area contributed by atoms with Crippen molar-refractivity contribution in [3.8, 4) is 22.6 Å². The lowest BCUT2D eigenvalue weighted by atomic mass is 10.1. The van der Waals surface area contributed by atoms with Gasteiger partial charge in [-0.1, -0.05) is 122 Å². The van der Waals surface area contributed by atoms with E-state index >= 15 is 0 Å². The normalized spacial score (nSPS) is 11.3. The van der Waals surface area contributed by atoms with Crippen LogP contribution in [0.1, 0.15) is 42.1 Å². The van der Waals surface area contributed by atoms with Gasteiger partial charge in [0.15, 0.2) is 0 Å². The first kappa shape index (κ1) is 27.8. The molecule has 0 unspecified atom stereocenters. The number of imidazole rings is 1. The summed E-state index contributed by atoms with van der Waals surface area (Å²) in [5.41, 5.74) is 7.72. The van der Waals surface area contributed by atoms with Crippen molar-refractivity contribution in [2.45, 2.75) is 52.9 Å². The molecular weight excluding hydrogens is 517 g/mol. The maximum absolute atomic E-state index is 13.9. The summed E-state index contributed by atoms with van der Waals surface area (Å²) in [6.07, 6.45) is 2.14. The number of hydrogen-bond donors (Lipinski definition) is 0. The maximum atomic E-state index is 13.9. The monoisotopic (exact) mass is 551 g/mol. The summed E-state index contributed by atoms with van der Waals surface area (Å²) in [5, 5.41) is 0.446. The van der Waals surface area contributed by atoms with Gasteiger partial charge in [-0.25, -0.2) is 9.37 Å². The predicted molar refractivity (Wildman–Crippen MR) is 164 cm³/mol. The van der Waals surface area contributed by atoms with Crippen LogP contribution in [0.15, 0.2) is 103 Å². The molecule has 0 saturated heterocycles. The van der Waals surface area contributed by atoms with Crippen LogP contribution in [0.25, 0.3) is 22.6 Å². The first-order valence-electron chi connectivity index (χ1n) is 13.9. The Balaban J connectivity index is 1.62. The lowest BCUT2D eigenvalue weighted by Crippen LogP contribution is -2.25. The number of halogens is 2. The van der Waals surface area contributed by atoms with Gasteiger partial charge in [-0.2, -0.15) is 0 Å². The van der Waals surface area contributed by atoms with Crippen molar-refractivity contribution in [2.75, 3.05) is 0 Å². The van der Waals surface area contributed by atoms with Crippen molar-refractivity contribution in [1.82, 2.24) is 14.5 Å². The van der Waals surface area contributed by atoms with Crippen LogP contribution in [-0.4, -0.2) is 14.5 Å². The zero-order valence-corrected chi connectivity index (χ0v) is 23.9. The second-order valence-electron chi connectivity index (χ2n) is 10.3. The van der Waals surface area contributed by atoms with E-state index in [-0.39, 0.29) is 5.82 Å². The standard InChI is InChI=1S/C35H35ClFN3/c1-3-4-20-40-33(34(28-14-7-5-8-15-28)38-35(40)29-16-9-6-10-17-29)25-39(23-27-13-11-12-26(2)21-27)24-30-18-19-31(37)22-32(30)36/h5-19,21-22H,3-4,20,23-25H2,1-2H3. The Morgan fingerprint density at radius 3 is 2.20 bits per heavy atom. The highest BCUT2D eigenvalue weighted by Crippen LogP contribution is 2.32. The highest BCUT2D eigenvalue weighted by Gasteiger charge is 2.22. The van der Waals surface area contributed by atoms with Gasteiger partial charge in [0.1, 0.15) is 11.6 Å². The number of aromatic nitrogens is 2. The van der Waals surface area contributed by atoms with Crippen molar-refractivity contribution < 1.29 is 4.39 Å². The number of benzene rings is 4. The second kappa shape index (κ2) is 13.1. The highest BCUT2D eigenvalue weighted by molar-refractivity contribution is 6.31. The molecule has 0 radical (unpaired) electrons. The van der Waals surface area contributed by atoms with E-state index in [9.17, 15) is 4.39 Å². The summed E-state index contributed by atoms with van der Waals surface area (Å²) in [5.74, 6) is 0.661. The van der Waals surface area contributed by atoms with Crippen LogP contribution < -0.4 is 0 Å². The minimum absolute atomic E-state index is 0.324. The van der Waals surface area contributed by atoms with Gasteiger partial charge in [0.2, 0.25) is 0 Å². The van der Waals surface area contributed by atoms with Gasteiger partial charge in [0.25, 0.3) is 0 Å². The minimum Gasteiger partial charge on any atom is -0.326 e. The molecule has 0 aliphatic rings. The van der Waals surface area contributed by atoms with Crippen LogP contribution in [0.2, 0.25) is 5.02 Å². The molecule has 0 N–H and O–H groups in total. The molecule has 4 aromatic carbocycles. The SMILES string of the molecule is CCCCn1c(-c2ccccc2)nc(-c2ccccc2)c1CN(Cc1cccc(C)c1)Cc1ccc(F)cc1Cl. The number of rotatable bonds is 11. The maximum Gasteiger partial charge on any atom is 0.140 e. The molecule has 0 fully saturated rings. The third kappa shape index (κ3) is 6.70. The van der Waals surface area contributed by atoms with Crippen molar-refractivity contribution in [3.05, 3.63) is 136 Å². The summed E-state index contributed by atoms with van der Waals surface area (Å²) < 4.78 is 16.3. The average Bonchev–Trinajstić information content (AvgIpc) is 3.32. The van der Waals surface area contributed by atoms with Gasteiger partial charge in [0.05, 0.1) is 11.4 Å². The van der Waals surface area contributed by atoms with Crippen LogP contribution in [0.3, 0.4) is 0 Å². The van der Waals surface area contributed by atoms with Crippen molar-refractivity contribution in [2.24, 2.45) is 0 Å². The fraction of sp³-hybridized carbons (Fsp3) is 0.229. The van der Waals surface area contributed by atoms with E-state index in [2.05, 4.69) is 96.1 Å². The van der Waals surface area contributed by atoms with E-state index in [1.165, 1.54) is 29.0 Å². The predicted octanol–water partition coefficient (Wildman–Crippen LogP) is 9.32. The molecule has 0 atom stereocenters. The molecule has 0 aliphatic carbocycles. The van der Waals surface area contributed by atoms with E-state index < -0.39 is 0 Å². The largest absolute Gasteiger partial charge is 0.326 e. The molecule has 0 aliphatic heterocycles. The highest BCUT2D eigenvalue weighted by atomic mass is 35.5. The van der Waals surface area contributed by atoms with E-state index in [1.54, 1.807) is 6.07 Å². The zero-order valence-electron chi connectivity index (χ0n) is 23.2.